The van der Waals surface area contributed by atoms with E-state index >= 15 is 0 Å². The van der Waals surface area contributed by atoms with Crippen molar-refractivity contribution in [2.45, 2.75) is 26.7 Å². The van der Waals surface area contributed by atoms with Crippen LogP contribution in [0.3, 0.4) is 0 Å². The molecular weight excluding hydrogens is 264 g/mol. The van der Waals surface area contributed by atoms with Gasteiger partial charge < -0.3 is 15.3 Å². The third kappa shape index (κ3) is 4.16. The number of likely N-dealkylation sites (tertiary alicyclic amines) is 1. The smallest absolute Gasteiger partial charge is 0.144 e. The van der Waals surface area contributed by atoms with E-state index in [0.29, 0.717) is 17.3 Å². The highest BCUT2D eigenvalue weighted by Gasteiger charge is 2.18. The topological polar surface area (TPSA) is 72.2 Å². The quantitative estimate of drug-likeness (QED) is 0.862. The molecule has 1 fully saturated rings. The fourth-order valence-corrected chi connectivity index (χ4v) is 2.94. The van der Waals surface area contributed by atoms with Gasteiger partial charge in [0.2, 0.25) is 0 Å². The number of anilines is 1. The van der Waals surface area contributed by atoms with Crippen molar-refractivity contribution in [3.63, 3.8) is 0 Å². The molecule has 0 saturated carbocycles. The van der Waals surface area contributed by atoms with Crippen molar-refractivity contribution in [3.05, 3.63) is 22.9 Å². The minimum atomic E-state index is 0.279. The molecule has 0 unspecified atom stereocenters. The molecule has 1 aliphatic heterocycles. The summed E-state index contributed by atoms with van der Waals surface area (Å²) < 4.78 is 0. The second kappa shape index (κ2) is 7.39. The summed E-state index contributed by atoms with van der Waals surface area (Å²) in [4.78, 5) is 6.79. The predicted molar refractivity (Wildman–Crippen MR) is 83.2 cm³/mol. The molecule has 1 aromatic rings. The largest absolute Gasteiger partial charge is 0.396 e. The average Bonchev–Trinajstić information content (AvgIpc) is 2.47. The van der Waals surface area contributed by atoms with E-state index in [0.717, 1.165) is 50.3 Å². The maximum atomic E-state index is 9.25. The molecule has 0 bridgehead atoms. The third-order valence-corrected chi connectivity index (χ3v) is 4.04. The van der Waals surface area contributed by atoms with Gasteiger partial charge in [-0.05, 0) is 50.8 Å². The maximum Gasteiger partial charge on any atom is 0.144 e. The Morgan fingerprint density at radius 2 is 2.33 bits per heavy atom. The number of piperidine rings is 1. The maximum absolute atomic E-state index is 9.25. The van der Waals surface area contributed by atoms with Gasteiger partial charge in [-0.3, -0.25) is 0 Å². The average molecular weight is 288 g/mol. The third-order valence-electron chi connectivity index (χ3n) is 4.04. The van der Waals surface area contributed by atoms with Crippen LogP contribution in [0.25, 0.3) is 0 Å². The van der Waals surface area contributed by atoms with Gasteiger partial charge in [0.05, 0.1) is 5.56 Å². The van der Waals surface area contributed by atoms with E-state index in [2.05, 4.69) is 21.3 Å². The van der Waals surface area contributed by atoms with Crippen LogP contribution in [0.2, 0.25) is 0 Å². The summed E-state index contributed by atoms with van der Waals surface area (Å²) in [6, 6.07) is 4.15. The summed E-state index contributed by atoms with van der Waals surface area (Å²) in [5.41, 5.74) is 2.52. The Balaban J connectivity index is 1.90. The van der Waals surface area contributed by atoms with Crippen molar-refractivity contribution in [2.24, 2.45) is 5.92 Å². The molecule has 0 amide bonds. The second-order valence-electron chi connectivity index (χ2n) is 5.83. The molecule has 1 saturated heterocycles. The zero-order chi connectivity index (χ0) is 15.2. The number of hydrogen-bond acceptors (Lipinski definition) is 5. The van der Waals surface area contributed by atoms with Crippen molar-refractivity contribution in [3.8, 4) is 6.07 Å². The number of nitrogens with zero attached hydrogens (tertiary/aromatic N) is 3. The van der Waals surface area contributed by atoms with Gasteiger partial charge in [0, 0.05) is 31.9 Å². The van der Waals surface area contributed by atoms with Crippen molar-refractivity contribution in [2.75, 3.05) is 38.1 Å². The Morgan fingerprint density at radius 3 is 3.05 bits per heavy atom. The number of aryl methyl sites for hydroxylation is 2. The van der Waals surface area contributed by atoms with E-state index in [-0.39, 0.29) is 6.61 Å². The lowest BCUT2D eigenvalue weighted by molar-refractivity contribution is 0.123. The number of hydrogen-bond donors (Lipinski definition) is 2. The highest BCUT2D eigenvalue weighted by Crippen LogP contribution is 2.18. The molecule has 2 N–H and O–H groups in total. The standard InChI is InChI=1S/C16H24N4O/c1-12-8-13(2)19-16(15(12)9-17)18-5-7-20-6-3-4-14(10-20)11-21/h8,14,21H,3-7,10-11H2,1-2H3,(H,18,19)/t14-/m1/s1. The summed E-state index contributed by atoms with van der Waals surface area (Å²) in [5.74, 6) is 1.10. The van der Waals surface area contributed by atoms with Gasteiger partial charge in [-0.25, -0.2) is 4.98 Å². The molecule has 21 heavy (non-hydrogen) atoms. The van der Waals surface area contributed by atoms with E-state index in [1.54, 1.807) is 0 Å². The van der Waals surface area contributed by atoms with E-state index < -0.39 is 0 Å². The number of aliphatic hydroxyl groups is 1. The minimum absolute atomic E-state index is 0.279. The lowest BCUT2D eigenvalue weighted by Gasteiger charge is -2.31. The van der Waals surface area contributed by atoms with Crippen molar-refractivity contribution in [1.29, 1.82) is 5.26 Å². The van der Waals surface area contributed by atoms with E-state index in [1.165, 1.54) is 0 Å². The number of aliphatic hydroxyl groups excluding tert-OH is 1. The zero-order valence-electron chi connectivity index (χ0n) is 12.9. The Kier molecular flexibility index (Phi) is 5.54. The van der Waals surface area contributed by atoms with Crippen LogP contribution in [0, 0.1) is 31.1 Å². The van der Waals surface area contributed by atoms with E-state index in [4.69, 9.17) is 0 Å². The van der Waals surface area contributed by atoms with E-state index in [9.17, 15) is 10.4 Å². The fraction of sp³-hybridized carbons (Fsp3) is 0.625. The van der Waals surface area contributed by atoms with Crippen LogP contribution >= 0.6 is 0 Å². The molecule has 1 aliphatic rings. The molecule has 0 spiro atoms. The molecule has 1 atom stereocenters. The molecule has 1 aromatic heterocycles. The van der Waals surface area contributed by atoms with Crippen LogP contribution in [-0.4, -0.2) is 47.8 Å². The zero-order valence-corrected chi connectivity index (χ0v) is 12.9. The molecule has 114 valence electrons. The minimum Gasteiger partial charge on any atom is -0.396 e. The highest BCUT2D eigenvalue weighted by molar-refractivity contribution is 5.56. The lowest BCUT2D eigenvalue weighted by Crippen LogP contribution is -2.39. The molecule has 5 heteroatoms. The first-order valence-corrected chi connectivity index (χ1v) is 7.59. The molecule has 0 radical (unpaired) electrons. The predicted octanol–water partition coefficient (Wildman–Crippen LogP) is 1.69. The van der Waals surface area contributed by atoms with E-state index in [1.807, 2.05) is 19.9 Å². The van der Waals surface area contributed by atoms with Gasteiger partial charge in [-0.15, -0.1) is 0 Å². The van der Waals surface area contributed by atoms with Gasteiger partial charge in [-0.1, -0.05) is 0 Å². The van der Waals surface area contributed by atoms with Crippen LogP contribution in [0.15, 0.2) is 6.07 Å². The number of nitrogens with one attached hydrogen (secondary N) is 1. The van der Waals surface area contributed by atoms with Gasteiger partial charge in [0.25, 0.3) is 0 Å². The monoisotopic (exact) mass is 288 g/mol. The molecule has 2 rings (SSSR count). The first-order chi connectivity index (χ1) is 10.1. The highest BCUT2D eigenvalue weighted by atomic mass is 16.3. The lowest BCUT2D eigenvalue weighted by atomic mass is 9.99. The Labute approximate surface area is 126 Å². The van der Waals surface area contributed by atoms with Crippen LogP contribution in [0.4, 0.5) is 5.82 Å². The number of aromatic nitrogens is 1. The van der Waals surface area contributed by atoms with Crippen LogP contribution < -0.4 is 5.32 Å². The molecule has 2 heterocycles. The summed E-state index contributed by atoms with van der Waals surface area (Å²) in [6.45, 7) is 7.89. The van der Waals surface area contributed by atoms with Crippen LogP contribution in [-0.2, 0) is 0 Å². The normalized spacial score (nSPS) is 19.2. The second-order valence-corrected chi connectivity index (χ2v) is 5.83. The van der Waals surface area contributed by atoms with Crippen molar-refractivity contribution in [1.82, 2.24) is 9.88 Å². The summed E-state index contributed by atoms with van der Waals surface area (Å²) in [7, 11) is 0. The molecule has 0 aliphatic carbocycles. The molecule has 5 nitrogen and oxygen atoms in total. The van der Waals surface area contributed by atoms with Gasteiger partial charge in [-0.2, -0.15) is 5.26 Å². The Hall–Kier alpha value is -1.64. The Morgan fingerprint density at radius 1 is 1.52 bits per heavy atom. The summed E-state index contributed by atoms with van der Waals surface area (Å²) in [6.07, 6.45) is 2.27. The number of nitriles is 1. The molecule has 0 aromatic carbocycles. The summed E-state index contributed by atoms with van der Waals surface area (Å²) in [5, 5.41) is 21.8. The van der Waals surface area contributed by atoms with Gasteiger partial charge >= 0.3 is 0 Å². The first-order valence-electron chi connectivity index (χ1n) is 7.59. The van der Waals surface area contributed by atoms with Crippen LogP contribution in [0.1, 0.15) is 29.7 Å². The first kappa shape index (κ1) is 15.7. The molecular formula is C16H24N4O. The van der Waals surface area contributed by atoms with Crippen molar-refractivity contribution >= 4 is 5.82 Å². The van der Waals surface area contributed by atoms with Crippen LogP contribution in [0.5, 0.6) is 0 Å². The van der Waals surface area contributed by atoms with Gasteiger partial charge in [0.15, 0.2) is 0 Å². The number of pyridine rings is 1. The Bertz CT molecular complexity index is 524. The summed E-state index contributed by atoms with van der Waals surface area (Å²) >= 11 is 0. The van der Waals surface area contributed by atoms with Crippen molar-refractivity contribution < 1.29 is 5.11 Å². The fourth-order valence-electron chi connectivity index (χ4n) is 2.94. The van der Waals surface area contributed by atoms with Gasteiger partial charge in [0.1, 0.15) is 11.9 Å². The SMILES string of the molecule is Cc1cc(C)c(C#N)c(NCCN2CCC[C@@H](CO)C2)n1. The number of rotatable bonds is 5.